The molecule has 0 N–H and O–H groups in total. The molecule has 1 fully saturated rings. The van der Waals surface area contributed by atoms with Crippen LogP contribution in [0.25, 0.3) is 0 Å². The second-order valence-electron chi connectivity index (χ2n) is 8.05. The van der Waals surface area contributed by atoms with Crippen molar-refractivity contribution in [1.29, 1.82) is 0 Å². The Hall–Kier alpha value is -3.95. The van der Waals surface area contributed by atoms with Crippen molar-refractivity contribution < 1.29 is 38.1 Å². The van der Waals surface area contributed by atoms with E-state index < -0.39 is 47.8 Å². The van der Waals surface area contributed by atoms with Crippen molar-refractivity contribution >= 4 is 36.0 Å². The molecule has 1 aliphatic heterocycles. The van der Waals surface area contributed by atoms with Crippen molar-refractivity contribution in [2.24, 2.45) is 0 Å². The van der Waals surface area contributed by atoms with Crippen LogP contribution in [0.1, 0.15) is 31.1 Å². The predicted octanol–water partition coefficient (Wildman–Crippen LogP) is 3.95. The molecule has 2 unspecified atom stereocenters. The largest absolute Gasteiger partial charge is 0.451 e. The summed E-state index contributed by atoms with van der Waals surface area (Å²) in [5.74, 6) is -2.18. The molecule has 3 aromatic carbocycles. The maximum atomic E-state index is 13.1. The Morgan fingerprint density at radius 1 is 0.649 bits per heavy atom. The van der Waals surface area contributed by atoms with E-state index in [1.807, 2.05) is 0 Å². The van der Waals surface area contributed by atoms with E-state index in [4.69, 9.17) is 18.9 Å². The van der Waals surface area contributed by atoms with E-state index in [-0.39, 0.29) is 16.7 Å². The van der Waals surface area contributed by atoms with Gasteiger partial charge in [-0.3, -0.25) is 0 Å². The normalized spacial score (nSPS) is 22.9. The van der Waals surface area contributed by atoms with E-state index in [1.165, 1.54) is 0 Å². The average Bonchev–Trinajstić information content (AvgIpc) is 2.95. The smallest absolute Gasteiger partial charge is 0.338 e. The first-order chi connectivity index (χ1) is 18.0. The zero-order valence-electron chi connectivity index (χ0n) is 19.8. The van der Waals surface area contributed by atoms with Crippen LogP contribution in [0, 0.1) is 0 Å². The molecule has 37 heavy (non-hydrogen) atoms. The fraction of sp³-hybridized carbons (Fsp3) is 0.214. The Morgan fingerprint density at radius 2 is 1.03 bits per heavy atom. The Kier molecular flexibility index (Phi) is 8.71. The Labute approximate surface area is 217 Å². The van der Waals surface area contributed by atoms with Crippen molar-refractivity contribution in [2.45, 2.75) is 29.9 Å². The minimum absolute atomic E-state index is 0.227. The van der Waals surface area contributed by atoms with Crippen LogP contribution in [0.5, 0.6) is 0 Å². The third-order valence-corrected chi connectivity index (χ3v) is 6.50. The number of hydrogen-bond acceptors (Lipinski definition) is 9. The van der Waals surface area contributed by atoms with Gasteiger partial charge in [0.05, 0.1) is 16.7 Å². The first kappa shape index (κ1) is 26.1. The van der Waals surface area contributed by atoms with E-state index >= 15 is 0 Å². The Balaban J connectivity index is 1.69. The van der Waals surface area contributed by atoms with Crippen LogP contribution < -0.4 is 0 Å². The van der Waals surface area contributed by atoms with Gasteiger partial charge in [0.15, 0.2) is 30.7 Å². The lowest BCUT2D eigenvalue weighted by Crippen LogP contribution is -2.61. The summed E-state index contributed by atoms with van der Waals surface area (Å²) in [5.41, 5.74) is -0.155. The number of aldehydes is 1. The Morgan fingerprint density at radius 3 is 1.41 bits per heavy atom. The van der Waals surface area contributed by atoms with Crippen LogP contribution in [-0.4, -0.2) is 60.3 Å². The van der Waals surface area contributed by atoms with Crippen LogP contribution in [-0.2, 0) is 23.7 Å². The standard InChI is InChI=1S/C28H24O8S/c1-37-28-24(36-27(32)20-15-9-4-10-16-20)23(35-26(31)19-13-7-3-8-14-19)22(21(17-29)33-28)34-25(30)18-11-5-2-6-12-18/h2-17,21-24,28H,1H3/t21-,22-,23?,24-,28?/m1/s1. The van der Waals surface area contributed by atoms with Gasteiger partial charge in [0, 0.05) is 0 Å². The van der Waals surface area contributed by atoms with E-state index in [9.17, 15) is 19.2 Å². The lowest BCUT2D eigenvalue weighted by molar-refractivity contribution is -0.195. The summed E-state index contributed by atoms with van der Waals surface area (Å²) in [6.07, 6.45) is -3.01. The van der Waals surface area contributed by atoms with Gasteiger partial charge in [-0.1, -0.05) is 54.6 Å². The van der Waals surface area contributed by atoms with E-state index in [1.54, 1.807) is 97.3 Å². The van der Waals surface area contributed by atoms with Crippen molar-refractivity contribution in [2.75, 3.05) is 6.26 Å². The van der Waals surface area contributed by atoms with Crippen molar-refractivity contribution in [1.82, 2.24) is 0 Å². The molecule has 9 heteroatoms. The summed E-state index contributed by atoms with van der Waals surface area (Å²) in [7, 11) is 0. The third-order valence-electron chi connectivity index (χ3n) is 5.66. The van der Waals surface area contributed by atoms with Gasteiger partial charge in [-0.2, -0.15) is 0 Å². The second-order valence-corrected chi connectivity index (χ2v) is 8.98. The second kappa shape index (κ2) is 12.3. The van der Waals surface area contributed by atoms with Gasteiger partial charge in [-0.15, -0.1) is 11.8 Å². The van der Waals surface area contributed by atoms with E-state index in [0.717, 1.165) is 11.8 Å². The number of rotatable bonds is 8. The number of esters is 3. The number of carbonyl (C=O) groups excluding carboxylic acids is 4. The minimum atomic E-state index is -1.38. The van der Waals surface area contributed by atoms with Crippen LogP contribution in [0.2, 0.25) is 0 Å². The van der Waals surface area contributed by atoms with Gasteiger partial charge in [0.1, 0.15) is 5.44 Å². The maximum absolute atomic E-state index is 13.1. The number of carbonyl (C=O) groups is 4. The lowest BCUT2D eigenvalue weighted by atomic mass is 9.99. The zero-order chi connectivity index (χ0) is 26.2. The summed E-state index contributed by atoms with van der Waals surface area (Å²) in [5, 5.41) is 0. The van der Waals surface area contributed by atoms with E-state index in [0.29, 0.717) is 6.29 Å². The highest BCUT2D eigenvalue weighted by atomic mass is 32.2. The van der Waals surface area contributed by atoms with Crippen LogP contribution in [0.15, 0.2) is 91.0 Å². The number of benzene rings is 3. The molecule has 0 aromatic heterocycles. The number of hydrogen-bond donors (Lipinski definition) is 0. The highest BCUT2D eigenvalue weighted by molar-refractivity contribution is 7.99. The van der Waals surface area contributed by atoms with Gasteiger partial charge >= 0.3 is 17.9 Å². The molecule has 1 heterocycles. The van der Waals surface area contributed by atoms with Crippen molar-refractivity contribution in [3.05, 3.63) is 108 Å². The molecule has 5 atom stereocenters. The summed E-state index contributed by atoms with van der Waals surface area (Å²) in [6.45, 7) is 0. The van der Waals surface area contributed by atoms with Crippen molar-refractivity contribution in [3.63, 3.8) is 0 Å². The first-order valence-electron chi connectivity index (χ1n) is 11.4. The quantitative estimate of drug-likeness (QED) is 0.248. The van der Waals surface area contributed by atoms with Gasteiger partial charge < -0.3 is 23.7 Å². The lowest BCUT2D eigenvalue weighted by Gasteiger charge is -2.42. The highest BCUT2D eigenvalue weighted by Gasteiger charge is 2.52. The summed E-state index contributed by atoms with van der Waals surface area (Å²) >= 11 is 1.16. The maximum Gasteiger partial charge on any atom is 0.338 e. The molecular formula is C28H24O8S. The molecule has 1 aliphatic rings. The molecule has 1 saturated heterocycles. The fourth-order valence-corrected chi connectivity index (χ4v) is 4.54. The summed E-state index contributed by atoms with van der Waals surface area (Å²) in [6, 6.07) is 24.6. The van der Waals surface area contributed by atoms with Gasteiger partial charge in [-0.25, -0.2) is 14.4 Å². The molecule has 3 aromatic rings. The molecule has 0 amide bonds. The molecule has 190 valence electrons. The van der Waals surface area contributed by atoms with Crippen molar-refractivity contribution in [3.8, 4) is 0 Å². The third kappa shape index (κ3) is 6.25. The topological polar surface area (TPSA) is 105 Å². The molecule has 0 bridgehead atoms. The molecule has 0 spiro atoms. The minimum Gasteiger partial charge on any atom is -0.451 e. The average molecular weight is 521 g/mol. The van der Waals surface area contributed by atoms with Gasteiger partial charge in [0.2, 0.25) is 0 Å². The SMILES string of the molecule is CSC1O[C@H](C=O)[C@@H](OC(=O)c2ccccc2)C(OC(=O)c2ccccc2)[C@H]1OC(=O)c1ccccc1. The van der Waals surface area contributed by atoms with E-state index in [2.05, 4.69) is 0 Å². The predicted molar refractivity (Wildman–Crippen MR) is 135 cm³/mol. The monoisotopic (exact) mass is 520 g/mol. The fourth-order valence-electron chi connectivity index (χ4n) is 3.83. The van der Waals surface area contributed by atoms with Crippen LogP contribution >= 0.6 is 11.8 Å². The molecular weight excluding hydrogens is 496 g/mol. The summed E-state index contributed by atoms with van der Waals surface area (Å²) in [4.78, 5) is 51.0. The number of ether oxygens (including phenoxy) is 4. The summed E-state index contributed by atoms with van der Waals surface area (Å²) < 4.78 is 23.1. The van der Waals surface area contributed by atoms with Crippen LogP contribution in [0.4, 0.5) is 0 Å². The molecule has 0 aliphatic carbocycles. The first-order valence-corrected chi connectivity index (χ1v) is 12.7. The Bertz CT molecular complexity index is 1220. The highest BCUT2D eigenvalue weighted by Crippen LogP contribution is 2.33. The molecule has 4 rings (SSSR count). The zero-order valence-corrected chi connectivity index (χ0v) is 20.6. The van der Waals surface area contributed by atoms with Gasteiger partial charge in [0.25, 0.3) is 0 Å². The van der Waals surface area contributed by atoms with Gasteiger partial charge in [-0.05, 0) is 42.7 Å². The number of thioether (sulfide) groups is 1. The van der Waals surface area contributed by atoms with Crippen LogP contribution in [0.3, 0.4) is 0 Å². The molecule has 8 nitrogen and oxygen atoms in total. The molecule has 0 saturated carbocycles. The molecule has 0 radical (unpaired) electrons.